The zero-order valence-corrected chi connectivity index (χ0v) is 19.3. The summed E-state index contributed by atoms with van der Waals surface area (Å²) in [4.78, 5) is 26.0. The topological polar surface area (TPSA) is 91.8 Å². The fourth-order valence-corrected chi connectivity index (χ4v) is 4.14. The molecule has 0 aliphatic heterocycles. The lowest BCUT2D eigenvalue weighted by atomic mass is 9.85. The monoisotopic (exact) mass is 484 g/mol. The molecule has 3 N–H and O–H groups in total. The van der Waals surface area contributed by atoms with Crippen molar-refractivity contribution >= 4 is 17.8 Å². The predicted molar refractivity (Wildman–Crippen MR) is 127 cm³/mol. The summed E-state index contributed by atoms with van der Waals surface area (Å²) in [6.07, 6.45) is -1.56. The van der Waals surface area contributed by atoms with Crippen LogP contribution in [0.4, 0.5) is 25.1 Å². The maximum Gasteiger partial charge on any atom is 0.416 e. The Balaban J connectivity index is 1.31. The first kappa shape index (κ1) is 24.4. The molecule has 1 aromatic heterocycles. The van der Waals surface area contributed by atoms with E-state index in [2.05, 4.69) is 30.9 Å². The number of alkyl halides is 3. The average molecular weight is 485 g/mol. The number of carbonyl (C=O) groups excluding carboxylic acids is 1. The normalized spacial score (nSPS) is 18.1. The summed E-state index contributed by atoms with van der Waals surface area (Å²) in [5.74, 6) is 1.19. The van der Waals surface area contributed by atoms with E-state index in [1.807, 2.05) is 30.3 Å². The van der Waals surface area contributed by atoms with E-state index in [0.29, 0.717) is 36.1 Å². The molecule has 3 aromatic rings. The molecule has 0 atom stereocenters. The first-order valence-corrected chi connectivity index (χ1v) is 11.5. The molecule has 35 heavy (non-hydrogen) atoms. The quantitative estimate of drug-likeness (QED) is 0.443. The minimum Gasteiger partial charge on any atom is -0.357 e. The van der Waals surface area contributed by atoms with E-state index in [9.17, 15) is 18.0 Å². The Morgan fingerprint density at radius 2 is 1.66 bits per heavy atom. The SMILES string of the molecule is CNc1nc(NC2CCC(C(=O)NCc3cccc(C(F)(F)F)c3)CC2)nc(-c2ccccc2)n1. The molecule has 0 saturated heterocycles. The van der Waals surface area contributed by atoms with Gasteiger partial charge in [-0.15, -0.1) is 0 Å². The van der Waals surface area contributed by atoms with Gasteiger partial charge in [-0.05, 0) is 43.4 Å². The second-order valence-electron chi connectivity index (χ2n) is 8.53. The van der Waals surface area contributed by atoms with Crippen LogP contribution in [0.25, 0.3) is 11.4 Å². The van der Waals surface area contributed by atoms with E-state index in [-0.39, 0.29) is 24.4 Å². The number of nitrogens with one attached hydrogen (secondary N) is 3. The lowest BCUT2D eigenvalue weighted by Crippen LogP contribution is -2.36. The lowest BCUT2D eigenvalue weighted by molar-refractivity contribution is -0.137. The van der Waals surface area contributed by atoms with Crippen molar-refractivity contribution in [1.82, 2.24) is 20.3 Å². The molecular weight excluding hydrogens is 457 g/mol. The number of anilines is 2. The van der Waals surface area contributed by atoms with Gasteiger partial charge >= 0.3 is 6.18 Å². The van der Waals surface area contributed by atoms with Gasteiger partial charge in [0.15, 0.2) is 5.82 Å². The smallest absolute Gasteiger partial charge is 0.357 e. The molecule has 0 bridgehead atoms. The van der Waals surface area contributed by atoms with Crippen LogP contribution in [0.5, 0.6) is 0 Å². The fraction of sp³-hybridized carbons (Fsp3) is 0.360. The highest BCUT2D eigenvalue weighted by atomic mass is 19.4. The molecule has 4 rings (SSSR count). The predicted octanol–water partition coefficient (Wildman–Crippen LogP) is 4.89. The third kappa shape index (κ3) is 6.46. The van der Waals surface area contributed by atoms with E-state index < -0.39 is 11.7 Å². The number of nitrogens with zero attached hydrogens (tertiary/aromatic N) is 3. The van der Waals surface area contributed by atoms with Gasteiger partial charge in [0.25, 0.3) is 0 Å². The van der Waals surface area contributed by atoms with Crippen molar-refractivity contribution in [1.29, 1.82) is 0 Å². The fourth-order valence-electron chi connectivity index (χ4n) is 4.14. The van der Waals surface area contributed by atoms with Crippen LogP contribution in [0, 0.1) is 5.92 Å². The van der Waals surface area contributed by atoms with E-state index in [1.54, 1.807) is 13.1 Å². The van der Waals surface area contributed by atoms with Gasteiger partial charge in [0.1, 0.15) is 0 Å². The third-order valence-corrected chi connectivity index (χ3v) is 6.04. The van der Waals surface area contributed by atoms with E-state index in [1.165, 1.54) is 6.07 Å². The molecule has 10 heteroatoms. The van der Waals surface area contributed by atoms with Gasteiger partial charge in [0, 0.05) is 31.1 Å². The van der Waals surface area contributed by atoms with Crippen molar-refractivity contribution in [2.24, 2.45) is 5.92 Å². The summed E-state index contributed by atoms with van der Waals surface area (Å²) in [6.45, 7) is 0.0703. The molecule has 1 aliphatic rings. The first-order valence-electron chi connectivity index (χ1n) is 11.5. The van der Waals surface area contributed by atoms with E-state index in [0.717, 1.165) is 30.5 Å². The molecule has 1 aliphatic carbocycles. The molecule has 184 valence electrons. The highest BCUT2D eigenvalue weighted by Gasteiger charge is 2.30. The summed E-state index contributed by atoms with van der Waals surface area (Å²) in [6, 6.07) is 14.8. The highest BCUT2D eigenvalue weighted by molar-refractivity contribution is 5.78. The maximum atomic E-state index is 12.9. The molecule has 1 saturated carbocycles. The molecule has 1 amide bonds. The Hall–Kier alpha value is -3.69. The van der Waals surface area contributed by atoms with Crippen LogP contribution in [0.15, 0.2) is 54.6 Å². The Morgan fingerprint density at radius 1 is 0.943 bits per heavy atom. The molecular formula is C25H27F3N6O. The minimum atomic E-state index is -4.40. The molecule has 1 heterocycles. The summed E-state index contributed by atoms with van der Waals surface area (Å²) in [5.41, 5.74) is 0.592. The molecule has 2 aromatic carbocycles. The van der Waals surface area contributed by atoms with Gasteiger partial charge in [-0.2, -0.15) is 28.1 Å². The van der Waals surface area contributed by atoms with Crippen molar-refractivity contribution in [3.63, 3.8) is 0 Å². The third-order valence-electron chi connectivity index (χ3n) is 6.04. The Bertz CT molecular complexity index is 1150. The molecule has 0 spiro atoms. The number of benzene rings is 2. The maximum absolute atomic E-state index is 12.9. The van der Waals surface area contributed by atoms with Crippen LogP contribution in [0.3, 0.4) is 0 Å². The van der Waals surface area contributed by atoms with Crippen LogP contribution < -0.4 is 16.0 Å². The highest BCUT2D eigenvalue weighted by Crippen LogP contribution is 2.30. The number of carbonyl (C=O) groups is 1. The molecule has 1 fully saturated rings. The largest absolute Gasteiger partial charge is 0.416 e. The van der Waals surface area contributed by atoms with Crippen LogP contribution in [0.2, 0.25) is 0 Å². The van der Waals surface area contributed by atoms with Gasteiger partial charge in [-0.3, -0.25) is 4.79 Å². The van der Waals surface area contributed by atoms with Gasteiger partial charge < -0.3 is 16.0 Å². The zero-order valence-electron chi connectivity index (χ0n) is 19.3. The Kier molecular flexibility index (Phi) is 7.48. The van der Waals surface area contributed by atoms with Crippen LogP contribution in [0.1, 0.15) is 36.8 Å². The first-order chi connectivity index (χ1) is 16.8. The Labute approximate surface area is 201 Å². The van der Waals surface area contributed by atoms with Crippen molar-refractivity contribution in [3.05, 3.63) is 65.7 Å². The number of halogens is 3. The molecule has 0 radical (unpaired) electrons. The number of hydrogen-bond donors (Lipinski definition) is 3. The van der Waals surface area contributed by atoms with Crippen LogP contribution >= 0.6 is 0 Å². The van der Waals surface area contributed by atoms with Crippen molar-refractivity contribution in [3.8, 4) is 11.4 Å². The minimum absolute atomic E-state index is 0.0703. The van der Waals surface area contributed by atoms with Crippen LogP contribution in [-0.2, 0) is 17.5 Å². The number of hydrogen-bond acceptors (Lipinski definition) is 6. The van der Waals surface area contributed by atoms with E-state index in [4.69, 9.17) is 0 Å². The van der Waals surface area contributed by atoms with Gasteiger partial charge in [0.2, 0.25) is 17.8 Å². The van der Waals surface area contributed by atoms with Crippen molar-refractivity contribution in [2.45, 2.75) is 44.4 Å². The molecule has 0 unspecified atom stereocenters. The molecule has 7 nitrogen and oxygen atoms in total. The van der Waals surface area contributed by atoms with Gasteiger partial charge in [-0.25, -0.2) is 0 Å². The lowest BCUT2D eigenvalue weighted by Gasteiger charge is -2.28. The summed E-state index contributed by atoms with van der Waals surface area (Å²) in [7, 11) is 1.75. The van der Waals surface area contributed by atoms with Crippen molar-refractivity contribution < 1.29 is 18.0 Å². The number of aromatic nitrogens is 3. The zero-order chi connectivity index (χ0) is 24.8. The average Bonchev–Trinajstić information content (AvgIpc) is 2.87. The van der Waals surface area contributed by atoms with Gasteiger partial charge in [0.05, 0.1) is 5.56 Å². The summed E-state index contributed by atoms with van der Waals surface area (Å²) >= 11 is 0. The van der Waals surface area contributed by atoms with Crippen molar-refractivity contribution in [2.75, 3.05) is 17.7 Å². The van der Waals surface area contributed by atoms with Crippen LogP contribution in [-0.4, -0.2) is 33.9 Å². The number of rotatable bonds is 7. The standard InChI is InChI=1S/C25H27F3N6O/c1-29-23-32-21(17-7-3-2-4-8-17)33-24(34-23)31-20-12-10-18(11-13-20)22(35)30-15-16-6-5-9-19(14-16)25(26,27)28/h2-9,14,18,20H,10-13,15H2,1H3,(H,30,35)(H2,29,31,32,33,34). The summed E-state index contributed by atoms with van der Waals surface area (Å²) in [5, 5.41) is 9.11. The second kappa shape index (κ2) is 10.7. The second-order valence-corrected chi connectivity index (χ2v) is 8.53. The van der Waals surface area contributed by atoms with Gasteiger partial charge in [-0.1, -0.05) is 42.5 Å². The van der Waals surface area contributed by atoms with E-state index >= 15 is 0 Å². The Morgan fingerprint density at radius 3 is 2.34 bits per heavy atom. The number of amides is 1. The summed E-state index contributed by atoms with van der Waals surface area (Å²) < 4.78 is 38.7.